The number of rotatable bonds is 3. The minimum absolute atomic E-state index is 0.193. The monoisotopic (exact) mass is 274 g/mol. The molecule has 0 spiro atoms. The molecule has 1 heterocycles. The summed E-state index contributed by atoms with van der Waals surface area (Å²) < 4.78 is 39.9. The van der Waals surface area contributed by atoms with Gasteiger partial charge < -0.3 is 15.0 Å². The van der Waals surface area contributed by atoms with Crippen molar-refractivity contribution in [3.05, 3.63) is 24.3 Å². The molecule has 3 nitrogen and oxygen atoms in total. The van der Waals surface area contributed by atoms with Crippen molar-refractivity contribution in [3.63, 3.8) is 0 Å². The number of halogens is 3. The highest BCUT2D eigenvalue weighted by molar-refractivity contribution is 5.47. The van der Waals surface area contributed by atoms with Gasteiger partial charge in [-0.15, -0.1) is 13.2 Å². The van der Waals surface area contributed by atoms with Crippen molar-refractivity contribution in [2.75, 3.05) is 25.5 Å². The Hall–Kier alpha value is -1.43. The van der Waals surface area contributed by atoms with Crippen LogP contribution in [0.3, 0.4) is 0 Å². The summed E-state index contributed by atoms with van der Waals surface area (Å²) in [4.78, 5) is 2.26. The van der Waals surface area contributed by atoms with Crippen molar-refractivity contribution in [1.29, 1.82) is 0 Å². The summed E-state index contributed by atoms with van der Waals surface area (Å²) >= 11 is 0. The minimum atomic E-state index is -4.64. The lowest BCUT2D eigenvalue weighted by atomic mass is 10.1. The summed E-state index contributed by atoms with van der Waals surface area (Å²) in [5, 5.41) is 3.33. The van der Waals surface area contributed by atoms with Gasteiger partial charge in [-0.3, -0.25) is 0 Å². The maximum absolute atomic E-state index is 12.0. The molecule has 0 radical (unpaired) electrons. The number of nitrogens with zero attached hydrogens (tertiary/aromatic N) is 1. The van der Waals surface area contributed by atoms with E-state index in [0.29, 0.717) is 6.04 Å². The Labute approximate surface area is 110 Å². The molecule has 0 unspecified atom stereocenters. The SMILES string of the molecule is CN1CCC(Nc2ccc(OC(F)(F)F)cc2)CC1. The zero-order valence-corrected chi connectivity index (χ0v) is 10.7. The molecular weight excluding hydrogens is 257 g/mol. The third-order valence-electron chi connectivity index (χ3n) is 3.18. The lowest BCUT2D eigenvalue weighted by Crippen LogP contribution is -2.36. The van der Waals surface area contributed by atoms with Crippen molar-refractivity contribution in [2.24, 2.45) is 0 Å². The van der Waals surface area contributed by atoms with E-state index < -0.39 is 6.36 Å². The van der Waals surface area contributed by atoms with Gasteiger partial charge >= 0.3 is 6.36 Å². The van der Waals surface area contributed by atoms with Crippen LogP contribution >= 0.6 is 0 Å². The highest BCUT2D eigenvalue weighted by Crippen LogP contribution is 2.24. The van der Waals surface area contributed by atoms with Crippen LogP contribution in [0.5, 0.6) is 5.75 Å². The highest BCUT2D eigenvalue weighted by Gasteiger charge is 2.31. The molecule has 6 heteroatoms. The molecule has 106 valence electrons. The average Bonchev–Trinajstić information content (AvgIpc) is 2.33. The molecule has 0 atom stereocenters. The van der Waals surface area contributed by atoms with Gasteiger partial charge in [-0.05, 0) is 57.2 Å². The first-order valence-corrected chi connectivity index (χ1v) is 6.23. The van der Waals surface area contributed by atoms with E-state index in [4.69, 9.17) is 0 Å². The van der Waals surface area contributed by atoms with Crippen LogP contribution in [-0.4, -0.2) is 37.4 Å². The number of piperidine rings is 1. The van der Waals surface area contributed by atoms with E-state index in [1.54, 1.807) is 12.1 Å². The summed E-state index contributed by atoms with van der Waals surface area (Å²) in [6.07, 6.45) is -2.56. The number of ether oxygens (including phenoxy) is 1. The average molecular weight is 274 g/mol. The number of nitrogens with one attached hydrogen (secondary N) is 1. The molecule has 0 bridgehead atoms. The van der Waals surface area contributed by atoms with Crippen molar-refractivity contribution in [1.82, 2.24) is 4.90 Å². The third-order valence-corrected chi connectivity index (χ3v) is 3.18. The Balaban J connectivity index is 1.88. The summed E-state index contributed by atoms with van der Waals surface area (Å²) in [5.41, 5.74) is 0.823. The first kappa shape index (κ1) is 14.0. The lowest BCUT2D eigenvalue weighted by Gasteiger charge is -2.30. The fourth-order valence-electron chi connectivity index (χ4n) is 2.14. The molecule has 1 N–H and O–H groups in total. The van der Waals surface area contributed by atoms with Crippen LogP contribution in [0, 0.1) is 0 Å². The van der Waals surface area contributed by atoms with Gasteiger partial charge in [0, 0.05) is 11.7 Å². The van der Waals surface area contributed by atoms with Crippen LogP contribution in [0.15, 0.2) is 24.3 Å². The number of hydrogen-bond acceptors (Lipinski definition) is 3. The topological polar surface area (TPSA) is 24.5 Å². The molecule has 1 aromatic carbocycles. The molecule has 0 saturated carbocycles. The number of hydrogen-bond donors (Lipinski definition) is 1. The second-order valence-corrected chi connectivity index (χ2v) is 4.79. The Morgan fingerprint density at radius 2 is 1.74 bits per heavy atom. The Morgan fingerprint density at radius 1 is 1.16 bits per heavy atom. The molecule has 1 fully saturated rings. The second kappa shape index (κ2) is 5.69. The number of anilines is 1. The van der Waals surface area contributed by atoms with Gasteiger partial charge in [-0.1, -0.05) is 0 Å². The van der Waals surface area contributed by atoms with E-state index in [9.17, 15) is 13.2 Å². The minimum Gasteiger partial charge on any atom is -0.406 e. The summed E-state index contributed by atoms with van der Waals surface area (Å²) in [6, 6.07) is 6.25. The van der Waals surface area contributed by atoms with Gasteiger partial charge in [0.15, 0.2) is 0 Å². The van der Waals surface area contributed by atoms with E-state index in [2.05, 4.69) is 22.0 Å². The van der Waals surface area contributed by atoms with E-state index in [0.717, 1.165) is 31.6 Å². The Kier molecular flexibility index (Phi) is 4.19. The van der Waals surface area contributed by atoms with Crippen molar-refractivity contribution in [3.8, 4) is 5.75 Å². The van der Waals surface area contributed by atoms with Crippen molar-refractivity contribution < 1.29 is 17.9 Å². The Bertz CT molecular complexity index is 397. The standard InChI is InChI=1S/C13H17F3N2O/c1-18-8-6-11(7-9-18)17-10-2-4-12(5-3-10)19-13(14,15)16/h2-5,11,17H,6-9H2,1H3. The van der Waals surface area contributed by atoms with Gasteiger partial charge in [0.2, 0.25) is 0 Å². The zero-order chi connectivity index (χ0) is 13.9. The van der Waals surface area contributed by atoms with Gasteiger partial charge in [0.25, 0.3) is 0 Å². The quantitative estimate of drug-likeness (QED) is 0.916. The molecule has 1 aromatic rings. The fourth-order valence-corrected chi connectivity index (χ4v) is 2.14. The fraction of sp³-hybridized carbons (Fsp3) is 0.538. The number of alkyl halides is 3. The van der Waals surface area contributed by atoms with Crippen molar-refractivity contribution in [2.45, 2.75) is 25.2 Å². The molecule has 0 aromatic heterocycles. The first-order chi connectivity index (χ1) is 8.92. The molecule has 0 amide bonds. The summed E-state index contributed by atoms with van der Waals surface area (Å²) in [6.45, 7) is 2.07. The second-order valence-electron chi connectivity index (χ2n) is 4.79. The molecule has 0 aliphatic carbocycles. The molecule has 2 rings (SSSR count). The van der Waals surface area contributed by atoms with Gasteiger partial charge in [-0.2, -0.15) is 0 Å². The molecule has 1 saturated heterocycles. The predicted octanol–water partition coefficient (Wildman–Crippen LogP) is 3.09. The molecule has 1 aliphatic heterocycles. The summed E-state index contributed by atoms with van der Waals surface area (Å²) in [7, 11) is 2.08. The van der Waals surface area contributed by atoms with Crippen LogP contribution in [0.2, 0.25) is 0 Å². The maximum atomic E-state index is 12.0. The van der Waals surface area contributed by atoms with Crippen LogP contribution < -0.4 is 10.1 Å². The van der Waals surface area contributed by atoms with Gasteiger partial charge in [-0.25, -0.2) is 0 Å². The molecular formula is C13H17F3N2O. The highest BCUT2D eigenvalue weighted by atomic mass is 19.4. The van der Waals surface area contributed by atoms with Gasteiger partial charge in [0.1, 0.15) is 5.75 Å². The van der Waals surface area contributed by atoms with Crippen LogP contribution in [0.4, 0.5) is 18.9 Å². The maximum Gasteiger partial charge on any atom is 0.573 e. The smallest absolute Gasteiger partial charge is 0.406 e. The normalized spacial score (nSPS) is 18.3. The first-order valence-electron chi connectivity index (χ1n) is 6.23. The van der Waals surface area contributed by atoms with Crippen LogP contribution in [0.25, 0.3) is 0 Å². The van der Waals surface area contributed by atoms with Crippen molar-refractivity contribution >= 4 is 5.69 Å². The van der Waals surface area contributed by atoms with Gasteiger partial charge in [0.05, 0.1) is 0 Å². The Morgan fingerprint density at radius 3 is 2.26 bits per heavy atom. The van der Waals surface area contributed by atoms with E-state index in [-0.39, 0.29) is 5.75 Å². The third kappa shape index (κ3) is 4.63. The van der Waals surface area contributed by atoms with E-state index >= 15 is 0 Å². The van der Waals surface area contributed by atoms with Crippen LogP contribution in [-0.2, 0) is 0 Å². The molecule has 1 aliphatic rings. The molecule has 19 heavy (non-hydrogen) atoms. The van der Waals surface area contributed by atoms with E-state index in [1.165, 1.54) is 12.1 Å². The largest absolute Gasteiger partial charge is 0.573 e. The number of likely N-dealkylation sites (tertiary alicyclic amines) is 1. The number of benzene rings is 1. The lowest BCUT2D eigenvalue weighted by molar-refractivity contribution is -0.274. The zero-order valence-electron chi connectivity index (χ0n) is 10.7. The predicted molar refractivity (Wildman–Crippen MR) is 67.3 cm³/mol. The van der Waals surface area contributed by atoms with Crippen LogP contribution in [0.1, 0.15) is 12.8 Å². The van der Waals surface area contributed by atoms with E-state index in [1.807, 2.05) is 0 Å². The summed E-state index contributed by atoms with van der Waals surface area (Å²) in [5.74, 6) is -0.193.